The van der Waals surface area contributed by atoms with Crippen LogP contribution in [-0.4, -0.2) is 25.7 Å². The van der Waals surface area contributed by atoms with Crippen LogP contribution in [0.5, 0.6) is 0 Å². The Morgan fingerprint density at radius 1 is 1.16 bits per heavy atom. The van der Waals surface area contributed by atoms with Gasteiger partial charge in [-0.2, -0.15) is 5.10 Å². The van der Waals surface area contributed by atoms with Crippen LogP contribution < -0.4 is 0 Å². The van der Waals surface area contributed by atoms with Crippen molar-refractivity contribution < 1.29 is 9.90 Å². The standard InChI is InChI=1S/C14H11N3O2/c18-14(19)7-10-1-3-11(4-2-10)12-5-6-17-13(8-12)15-9-16-17/h1-6,8-9H,7H2,(H,18,19). The molecule has 5 heteroatoms. The second kappa shape index (κ2) is 4.53. The van der Waals surface area contributed by atoms with E-state index in [0.717, 1.165) is 22.3 Å². The van der Waals surface area contributed by atoms with Crippen molar-refractivity contribution in [3.63, 3.8) is 0 Å². The molecule has 0 aliphatic carbocycles. The fourth-order valence-corrected chi connectivity index (χ4v) is 1.98. The van der Waals surface area contributed by atoms with Gasteiger partial charge in [0.05, 0.1) is 6.42 Å². The number of carboxylic acid groups (broad SMARTS) is 1. The highest BCUT2D eigenvalue weighted by Crippen LogP contribution is 2.20. The molecule has 0 bridgehead atoms. The van der Waals surface area contributed by atoms with Crippen molar-refractivity contribution in [2.24, 2.45) is 0 Å². The van der Waals surface area contributed by atoms with Crippen molar-refractivity contribution in [3.8, 4) is 11.1 Å². The largest absolute Gasteiger partial charge is 0.481 e. The molecular weight excluding hydrogens is 242 g/mol. The number of pyridine rings is 1. The number of carboxylic acids is 1. The normalized spacial score (nSPS) is 10.7. The summed E-state index contributed by atoms with van der Waals surface area (Å²) >= 11 is 0. The molecule has 1 N–H and O–H groups in total. The Morgan fingerprint density at radius 3 is 2.68 bits per heavy atom. The molecule has 0 atom stereocenters. The first-order chi connectivity index (χ1) is 9.22. The summed E-state index contributed by atoms with van der Waals surface area (Å²) in [4.78, 5) is 14.8. The lowest BCUT2D eigenvalue weighted by Gasteiger charge is -2.03. The zero-order valence-corrected chi connectivity index (χ0v) is 10.0. The van der Waals surface area contributed by atoms with Gasteiger partial charge in [-0.05, 0) is 28.8 Å². The van der Waals surface area contributed by atoms with Crippen molar-refractivity contribution in [2.75, 3.05) is 0 Å². The summed E-state index contributed by atoms with van der Waals surface area (Å²) < 4.78 is 1.70. The highest BCUT2D eigenvalue weighted by atomic mass is 16.4. The third kappa shape index (κ3) is 2.30. The molecule has 0 fully saturated rings. The zero-order chi connectivity index (χ0) is 13.2. The molecule has 0 aliphatic heterocycles. The van der Waals surface area contributed by atoms with Crippen LogP contribution in [0.2, 0.25) is 0 Å². The number of rotatable bonds is 3. The molecule has 2 aromatic heterocycles. The molecule has 94 valence electrons. The van der Waals surface area contributed by atoms with Crippen LogP contribution in [0.3, 0.4) is 0 Å². The average molecular weight is 253 g/mol. The van der Waals surface area contributed by atoms with Crippen LogP contribution in [0.25, 0.3) is 16.8 Å². The van der Waals surface area contributed by atoms with Gasteiger partial charge in [-0.3, -0.25) is 4.79 Å². The molecule has 0 saturated heterocycles. The predicted octanol–water partition coefficient (Wildman–Crippen LogP) is 2.02. The number of aliphatic carboxylic acids is 1. The van der Waals surface area contributed by atoms with Crippen molar-refractivity contribution in [3.05, 3.63) is 54.5 Å². The minimum Gasteiger partial charge on any atom is -0.481 e. The topological polar surface area (TPSA) is 67.5 Å². The van der Waals surface area contributed by atoms with Gasteiger partial charge in [-0.1, -0.05) is 24.3 Å². The Hall–Kier alpha value is -2.69. The maximum atomic E-state index is 10.6. The molecule has 1 aromatic carbocycles. The van der Waals surface area contributed by atoms with E-state index in [1.165, 1.54) is 6.33 Å². The van der Waals surface area contributed by atoms with Gasteiger partial charge >= 0.3 is 5.97 Å². The Labute approximate surface area is 109 Å². The van der Waals surface area contributed by atoms with E-state index in [9.17, 15) is 4.79 Å². The summed E-state index contributed by atoms with van der Waals surface area (Å²) in [5.41, 5.74) is 3.63. The lowest BCUT2D eigenvalue weighted by Crippen LogP contribution is -1.99. The zero-order valence-electron chi connectivity index (χ0n) is 10.0. The monoisotopic (exact) mass is 253 g/mol. The van der Waals surface area contributed by atoms with Crippen molar-refractivity contribution in [1.82, 2.24) is 14.6 Å². The predicted molar refractivity (Wildman–Crippen MR) is 69.8 cm³/mol. The molecule has 0 aliphatic rings. The number of aromatic nitrogens is 3. The summed E-state index contributed by atoms with van der Waals surface area (Å²) in [6.45, 7) is 0. The maximum Gasteiger partial charge on any atom is 0.307 e. The smallest absolute Gasteiger partial charge is 0.307 e. The number of hydrogen-bond acceptors (Lipinski definition) is 3. The molecule has 0 amide bonds. The van der Waals surface area contributed by atoms with E-state index in [2.05, 4.69) is 10.1 Å². The molecule has 3 rings (SSSR count). The van der Waals surface area contributed by atoms with Crippen molar-refractivity contribution in [1.29, 1.82) is 0 Å². The first-order valence-electron chi connectivity index (χ1n) is 5.83. The third-order valence-electron chi connectivity index (χ3n) is 2.92. The lowest BCUT2D eigenvalue weighted by atomic mass is 10.0. The van der Waals surface area contributed by atoms with Gasteiger partial charge in [0, 0.05) is 6.20 Å². The van der Waals surface area contributed by atoms with Crippen LogP contribution >= 0.6 is 0 Å². The highest BCUT2D eigenvalue weighted by molar-refractivity contribution is 5.71. The van der Waals surface area contributed by atoms with E-state index < -0.39 is 5.97 Å². The van der Waals surface area contributed by atoms with E-state index in [-0.39, 0.29) is 6.42 Å². The Morgan fingerprint density at radius 2 is 1.95 bits per heavy atom. The quantitative estimate of drug-likeness (QED) is 0.775. The van der Waals surface area contributed by atoms with Crippen LogP contribution in [0, 0.1) is 0 Å². The molecule has 0 radical (unpaired) electrons. The van der Waals surface area contributed by atoms with Crippen LogP contribution in [0.15, 0.2) is 48.9 Å². The second-order valence-electron chi connectivity index (χ2n) is 4.25. The molecule has 2 heterocycles. The van der Waals surface area contributed by atoms with E-state index >= 15 is 0 Å². The van der Waals surface area contributed by atoms with E-state index in [4.69, 9.17) is 5.11 Å². The molecule has 0 spiro atoms. The number of benzene rings is 1. The molecule has 0 saturated carbocycles. The SMILES string of the molecule is O=C(O)Cc1ccc(-c2ccn3ncnc3c2)cc1. The molecule has 3 aromatic rings. The Bertz CT molecular complexity index is 732. The minimum atomic E-state index is -0.822. The fourth-order valence-electron chi connectivity index (χ4n) is 1.98. The fraction of sp³-hybridized carbons (Fsp3) is 0.0714. The summed E-state index contributed by atoms with van der Waals surface area (Å²) in [7, 11) is 0. The van der Waals surface area contributed by atoms with Gasteiger partial charge < -0.3 is 5.11 Å². The molecular formula is C14H11N3O2. The van der Waals surface area contributed by atoms with Gasteiger partial charge in [0.25, 0.3) is 0 Å². The number of carbonyl (C=O) groups is 1. The van der Waals surface area contributed by atoms with Gasteiger partial charge in [0.1, 0.15) is 6.33 Å². The average Bonchev–Trinajstić information content (AvgIpc) is 2.86. The first-order valence-corrected chi connectivity index (χ1v) is 5.83. The number of nitrogens with zero attached hydrogens (tertiary/aromatic N) is 3. The van der Waals surface area contributed by atoms with E-state index in [1.54, 1.807) is 4.52 Å². The van der Waals surface area contributed by atoms with Gasteiger partial charge in [-0.15, -0.1) is 0 Å². The van der Waals surface area contributed by atoms with Gasteiger partial charge in [-0.25, -0.2) is 9.50 Å². The summed E-state index contributed by atoms with van der Waals surface area (Å²) in [5.74, 6) is -0.822. The van der Waals surface area contributed by atoms with E-state index in [0.29, 0.717) is 0 Å². The van der Waals surface area contributed by atoms with Gasteiger partial charge in [0.2, 0.25) is 0 Å². The third-order valence-corrected chi connectivity index (χ3v) is 2.92. The minimum absolute atomic E-state index is 0.0451. The molecule has 19 heavy (non-hydrogen) atoms. The second-order valence-corrected chi connectivity index (χ2v) is 4.25. The van der Waals surface area contributed by atoms with Crippen LogP contribution in [0.1, 0.15) is 5.56 Å². The van der Waals surface area contributed by atoms with Crippen molar-refractivity contribution >= 4 is 11.6 Å². The lowest BCUT2D eigenvalue weighted by molar-refractivity contribution is -0.136. The Balaban J connectivity index is 1.94. The first kappa shape index (κ1) is 11.4. The molecule has 0 unspecified atom stereocenters. The maximum absolute atomic E-state index is 10.6. The van der Waals surface area contributed by atoms with E-state index in [1.807, 2.05) is 42.6 Å². The highest BCUT2D eigenvalue weighted by Gasteiger charge is 2.03. The molecule has 5 nitrogen and oxygen atoms in total. The number of fused-ring (bicyclic) bond motifs is 1. The van der Waals surface area contributed by atoms with Crippen molar-refractivity contribution in [2.45, 2.75) is 6.42 Å². The van der Waals surface area contributed by atoms with Crippen LogP contribution in [-0.2, 0) is 11.2 Å². The summed E-state index contributed by atoms with van der Waals surface area (Å²) in [6.07, 6.45) is 3.40. The summed E-state index contributed by atoms with van der Waals surface area (Å²) in [6, 6.07) is 11.4. The summed E-state index contributed by atoms with van der Waals surface area (Å²) in [5, 5.41) is 12.8. The van der Waals surface area contributed by atoms with Gasteiger partial charge in [0.15, 0.2) is 5.65 Å². The Kier molecular flexibility index (Phi) is 2.72. The van der Waals surface area contributed by atoms with Crippen LogP contribution in [0.4, 0.5) is 0 Å². The number of hydrogen-bond donors (Lipinski definition) is 1.